The van der Waals surface area contributed by atoms with Crippen molar-refractivity contribution in [3.8, 4) is 0 Å². The second-order valence-electron chi connectivity index (χ2n) is 2.85. The Bertz CT molecular complexity index is 411. The maximum absolute atomic E-state index is 8.84. The van der Waals surface area contributed by atoms with E-state index in [1.165, 1.54) is 0 Å². The van der Waals surface area contributed by atoms with E-state index in [-0.39, 0.29) is 12.6 Å². The molecule has 1 unspecified atom stereocenters. The predicted octanol–water partition coefficient (Wildman–Crippen LogP) is -0.279. The first-order valence-electron chi connectivity index (χ1n) is 3.97. The van der Waals surface area contributed by atoms with Crippen molar-refractivity contribution in [3.05, 3.63) is 30.1 Å². The van der Waals surface area contributed by atoms with Gasteiger partial charge in [0.2, 0.25) is 0 Å². The number of fused-ring (bicyclic) bond motifs is 1. The summed E-state index contributed by atoms with van der Waals surface area (Å²) in [4.78, 5) is 0. The van der Waals surface area contributed by atoms with Gasteiger partial charge in [0.1, 0.15) is 0 Å². The minimum Gasteiger partial charge on any atom is -0.394 e. The van der Waals surface area contributed by atoms with Crippen LogP contribution in [0.4, 0.5) is 0 Å². The lowest BCUT2D eigenvalue weighted by Gasteiger charge is -2.07. The van der Waals surface area contributed by atoms with Gasteiger partial charge in [0.25, 0.3) is 0 Å². The normalized spacial score (nSPS) is 13.4. The summed E-state index contributed by atoms with van der Waals surface area (Å²) >= 11 is 0. The van der Waals surface area contributed by atoms with Gasteiger partial charge in [-0.1, -0.05) is 11.3 Å². The summed E-state index contributed by atoms with van der Waals surface area (Å²) < 4.78 is 1.63. The highest BCUT2D eigenvalue weighted by molar-refractivity contribution is 5.44. The first-order valence-corrected chi connectivity index (χ1v) is 3.97. The molecule has 0 fully saturated rings. The molecule has 0 aliphatic heterocycles. The van der Waals surface area contributed by atoms with Crippen LogP contribution in [0.25, 0.3) is 5.52 Å². The zero-order valence-corrected chi connectivity index (χ0v) is 6.96. The van der Waals surface area contributed by atoms with E-state index < -0.39 is 0 Å². The number of nitrogens with zero attached hydrogens (tertiary/aromatic N) is 3. The van der Waals surface area contributed by atoms with Crippen molar-refractivity contribution in [1.82, 2.24) is 14.8 Å². The van der Waals surface area contributed by atoms with Crippen molar-refractivity contribution in [2.24, 2.45) is 5.73 Å². The highest BCUT2D eigenvalue weighted by Gasteiger charge is 2.05. The molecule has 2 heterocycles. The Labute approximate surface area is 74.8 Å². The van der Waals surface area contributed by atoms with E-state index >= 15 is 0 Å². The minimum atomic E-state index is -0.353. The molecule has 1 atom stereocenters. The molecule has 13 heavy (non-hydrogen) atoms. The first kappa shape index (κ1) is 8.15. The molecule has 0 aliphatic rings. The van der Waals surface area contributed by atoms with E-state index in [2.05, 4.69) is 10.3 Å². The molecule has 0 bridgehead atoms. The number of aliphatic hydroxyl groups excluding tert-OH is 1. The average molecular weight is 178 g/mol. The van der Waals surface area contributed by atoms with Gasteiger partial charge >= 0.3 is 0 Å². The fourth-order valence-electron chi connectivity index (χ4n) is 1.16. The van der Waals surface area contributed by atoms with Crippen LogP contribution in [0.3, 0.4) is 0 Å². The highest BCUT2D eigenvalue weighted by Crippen LogP contribution is 2.10. The maximum atomic E-state index is 8.84. The topological polar surface area (TPSA) is 76.4 Å². The van der Waals surface area contributed by atoms with Crippen LogP contribution in [-0.2, 0) is 0 Å². The molecule has 2 aromatic rings. The van der Waals surface area contributed by atoms with Crippen LogP contribution in [0, 0.1) is 0 Å². The summed E-state index contributed by atoms with van der Waals surface area (Å²) in [5.74, 6) is 0. The van der Waals surface area contributed by atoms with Gasteiger partial charge in [-0.2, -0.15) is 0 Å². The zero-order valence-electron chi connectivity index (χ0n) is 6.96. The standard InChI is InChI=1S/C8H10N4O/c9-8(5-13)6-1-2-7-3-10-11-12(7)4-6/h1-4,8,13H,5,9H2. The lowest BCUT2D eigenvalue weighted by atomic mass is 10.1. The Morgan fingerprint density at radius 3 is 3.15 bits per heavy atom. The number of hydrogen-bond donors (Lipinski definition) is 2. The van der Waals surface area contributed by atoms with Crippen LogP contribution in [-0.4, -0.2) is 26.5 Å². The summed E-state index contributed by atoms with van der Waals surface area (Å²) in [6.07, 6.45) is 3.43. The molecule has 0 saturated carbocycles. The van der Waals surface area contributed by atoms with Crippen molar-refractivity contribution in [2.75, 3.05) is 6.61 Å². The Morgan fingerprint density at radius 1 is 1.54 bits per heavy atom. The molecule has 0 aliphatic carbocycles. The van der Waals surface area contributed by atoms with Crippen LogP contribution >= 0.6 is 0 Å². The third-order valence-electron chi connectivity index (χ3n) is 1.95. The van der Waals surface area contributed by atoms with Gasteiger partial charge in [-0.05, 0) is 11.6 Å². The van der Waals surface area contributed by atoms with E-state index in [1.807, 2.05) is 12.1 Å². The molecule has 2 aromatic heterocycles. The third kappa shape index (κ3) is 1.39. The van der Waals surface area contributed by atoms with E-state index in [0.717, 1.165) is 11.1 Å². The van der Waals surface area contributed by atoms with Crippen molar-refractivity contribution in [3.63, 3.8) is 0 Å². The van der Waals surface area contributed by atoms with Gasteiger partial charge < -0.3 is 10.8 Å². The quantitative estimate of drug-likeness (QED) is 0.663. The lowest BCUT2D eigenvalue weighted by Crippen LogP contribution is -2.14. The predicted molar refractivity (Wildman–Crippen MR) is 47.0 cm³/mol. The van der Waals surface area contributed by atoms with Crippen molar-refractivity contribution < 1.29 is 5.11 Å². The lowest BCUT2D eigenvalue weighted by molar-refractivity contribution is 0.267. The number of nitrogens with two attached hydrogens (primary N) is 1. The molecule has 0 radical (unpaired) electrons. The third-order valence-corrected chi connectivity index (χ3v) is 1.95. The number of rotatable bonds is 2. The van der Waals surface area contributed by atoms with Crippen molar-refractivity contribution in [1.29, 1.82) is 0 Å². The maximum Gasteiger partial charge on any atom is 0.0865 e. The fourth-order valence-corrected chi connectivity index (χ4v) is 1.16. The van der Waals surface area contributed by atoms with Crippen LogP contribution in [0.15, 0.2) is 24.5 Å². The zero-order chi connectivity index (χ0) is 9.26. The largest absolute Gasteiger partial charge is 0.394 e. The molecule has 0 aromatic carbocycles. The molecule has 0 amide bonds. The molecule has 0 saturated heterocycles. The van der Waals surface area contributed by atoms with Gasteiger partial charge in [0.05, 0.1) is 24.4 Å². The molecule has 3 N–H and O–H groups in total. The van der Waals surface area contributed by atoms with Gasteiger partial charge in [-0.3, -0.25) is 0 Å². The molecular formula is C8H10N4O. The average Bonchev–Trinajstić information content (AvgIpc) is 2.63. The van der Waals surface area contributed by atoms with Gasteiger partial charge in [0, 0.05) is 6.20 Å². The number of hydrogen-bond acceptors (Lipinski definition) is 4. The molecule has 68 valence electrons. The van der Waals surface area contributed by atoms with Gasteiger partial charge in [0.15, 0.2) is 0 Å². The summed E-state index contributed by atoms with van der Waals surface area (Å²) in [7, 11) is 0. The fraction of sp³-hybridized carbons (Fsp3) is 0.250. The SMILES string of the molecule is NC(CO)c1ccc2cnnn2c1. The highest BCUT2D eigenvalue weighted by atomic mass is 16.3. The van der Waals surface area contributed by atoms with E-state index in [4.69, 9.17) is 10.8 Å². The summed E-state index contributed by atoms with van der Waals surface area (Å²) in [5.41, 5.74) is 7.40. The van der Waals surface area contributed by atoms with Crippen molar-refractivity contribution in [2.45, 2.75) is 6.04 Å². The summed E-state index contributed by atoms with van der Waals surface area (Å²) in [5, 5.41) is 16.4. The minimum absolute atomic E-state index is 0.0692. The van der Waals surface area contributed by atoms with Gasteiger partial charge in [-0.25, -0.2) is 4.52 Å². The molecule has 5 nitrogen and oxygen atoms in total. The Balaban J connectivity index is 2.48. The number of aromatic nitrogens is 3. The molecule has 0 spiro atoms. The van der Waals surface area contributed by atoms with E-state index in [1.54, 1.807) is 16.9 Å². The van der Waals surface area contributed by atoms with Gasteiger partial charge in [-0.15, -0.1) is 5.10 Å². The Morgan fingerprint density at radius 2 is 2.38 bits per heavy atom. The Hall–Kier alpha value is -1.46. The molecular weight excluding hydrogens is 168 g/mol. The second-order valence-corrected chi connectivity index (χ2v) is 2.85. The number of aliphatic hydroxyl groups is 1. The monoisotopic (exact) mass is 178 g/mol. The summed E-state index contributed by atoms with van der Waals surface area (Å²) in [6, 6.07) is 3.37. The number of pyridine rings is 1. The van der Waals surface area contributed by atoms with Crippen molar-refractivity contribution >= 4 is 5.52 Å². The first-order chi connectivity index (χ1) is 6.31. The van der Waals surface area contributed by atoms with Crippen LogP contribution in [0.1, 0.15) is 11.6 Å². The van der Waals surface area contributed by atoms with Crippen LogP contribution < -0.4 is 5.73 Å². The molecule has 2 rings (SSSR count). The molecule has 5 heteroatoms. The van der Waals surface area contributed by atoms with Crippen LogP contribution in [0.2, 0.25) is 0 Å². The van der Waals surface area contributed by atoms with Crippen LogP contribution in [0.5, 0.6) is 0 Å². The summed E-state index contributed by atoms with van der Waals surface area (Å²) in [6.45, 7) is -0.0692. The Kier molecular flexibility index (Phi) is 1.96. The van der Waals surface area contributed by atoms with E-state index in [9.17, 15) is 0 Å². The second kappa shape index (κ2) is 3.12. The smallest absolute Gasteiger partial charge is 0.0865 e. The van der Waals surface area contributed by atoms with E-state index in [0.29, 0.717) is 0 Å².